The zero-order valence-electron chi connectivity index (χ0n) is 9.58. The summed E-state index contributed by atoms with van der Waals surface area (Å²) in [5.74, 6) is 2.30. The van der Waals surface area contributed by atoms with Crippen LogP contribution in [-0.4, -0.2) is 28.7 Å². The second kappa shape index (κ2) is 4.44. The number of nitrogens with zero attached hydrogens (tertiary/aromatic N) is 1. The maximum Gasteiger partial charge on any atom is 0.236 e. The Kier molecular flexibility index (Phi) is 3.39. The number of fused-ring (bicyclic) bond motifs is 1. The summed E-state index contributed by atoms with van der Waals surface area (Å²) in [6.45, 7) is 6.21. The lowest BCUT2D eigenvalue weighted by molar-refractivity contribution is -0.130. The van der Waals surface area contributed by atoms with Crippen LogP contribution >= 0.6 is 15.9 Å². The van der Waals surface area contributed by atoms with Gasteiger partial charge in [0.1, 0.15) is 0 Å². The standard InChI is InChI=1S/C12H20BrNO/c1-8(2)11(13)12(15)14-6-9-4-3-5-10(9)7-14/h8-11H,3-7H2,1-2H3. The number of alkyl halides is 1. The maximum absolute atomic E-state index is 12.1. The summed E-state index contributed by atoms with van der Waals surface area (Å²) in [6, 6.07) is 0. The second-order valence-electron chi connectivity index (χ2n) is 5.34. The molecule has 1 aliphatic carbocycles. The fourth-order valence-corrected chi connectivity index (χ4v) is 3.16. The van der Waals surface area contributed by atoms with E-state index in [1.54, 1.807) is 0 Å². The largest absolute Gasteiger partial charge is 0.341 e. The summed E-state index contributed by atoms with van der Waals surface area (Å²) in [6.07, 6.45) is 4.05. The highest BCUT2D eigenvalue weighted by molar-refractivity contribution is 9.10. The Balaban J connectivity index is 1.93. The molecule has 3 heteroatoms. The van der Waals surface area contributed by atoms with Crippen LogP contribution in [0.1, 0.15) is 33.1 Å². The fourth-order valence-electron chi connectivity index (χ4n) is 2.87. The molecule has 0 bridgehead atoms. The first-order valence-electron chi connectivity index (χ1n) is 6.02. The molecule has 1 amide bonds. The average Bonchev–Trinajstić information content (AvgIpc) is 2.74. The van der Waals surface area contributed by atoms with Crippen molar-refractivity contribution < 1.29 is 4.79 Å². The van der Waals surface area contributed by atoms with Gasteiger partial charge >= 0.3 is 0 Å². The summed E-state index contributed by atoms with van der Waals surface area (Å²) in [5.41, 5.74) is 0. The highest BCUT2D eigenvalue weighted by atomic mass is 79.9. The molecule has 2 fully saturated rings. The van der Waals surface area contributed by atoms with Crippen molar-refractivity contribution in [1.82, 2.24) is 4.90 Å². The van der Waals surface area contributed by atoms with Crippen molar-refractivity contribution in [2.45, 2.75) is 37.9 Å². The Hall–Kier alpha value is -0.0500. The molecule has 0 N–H and O–H groups in total. The molecule has 1 aliphatic heterocycles. The molecule has 1 saturated heterocycles. The summed E-state index contributed by atoms with van der Waals surface area (Å²) in [7, 11) is 0. The van der Waals surface area contributed by atoms with Crippen molar-refractivity contribution in [2.75, 3.05) is 13.1 Å². The molecule has 0 aromatic rings. The fraction of sp³-hybridized carbons (Fsp3) is 0.917. The van der Waals surface area contributed by atoms with Crippen molar-refractivity contribution in [3.63, 3.8) is 0 Å². The predicted molar refractivity (Wildman–Crippen MR) is 65.0 cm³/mol. The number of hydrogen-bond acceptors (Lipinski definition) is 1. The Morgan fingerprint density at radius 3 is 2.27 bits per heavy atom. The molecule has 0 spiro atoms. The van der Waals surface area contributed by atoms with Gasteiger partial charge in [0.25, 0.3) is 0 Å². The summed E-state index contributed by atoms with van der Waals surface area (Å²) in [5, 5.41) is 0. The van der Waals surface area contributed by atoms with E-state index in [-0.39, 0.29) is 4.83 Å². The maximum atomic E-state index is 12.1. The summed E-state index contributed by atoms with van der Waals surface area (Å²) in [4.78, 5) is 14.2. The van der Waals surface area contributed by atoms with Crippen LogP contribution in [0.3, 0.4) is 0 Å². The molecule has 15 heavy (non-hydrogen) atoms. The minimum atomic E-state index is 0.0105. The van der Waals surface area contributed by atoms with Gasteiger partial charge in [-0.25, -0.2) is 0 Å². The predicted octanol–water partition coefficient (Wildman–Crippen LogP) is 2.66. The van der Waals surface area contributed by atoms with Gasteiger partial charge in [0, 0.05) is 13.1 Å². The van der Waals surface area contributed by atoms with Gasteiger partial charge in [0.15, 0.2) is 0 Å². The van der Waals surface area contributed by atoms with E-state index in [0.717, 1.165) is 24.9 Å². The zero-order chi connectivity index (χ0) is 11.0. The van der Waals surface area contributed by atoms with E-state index in [1.165, 1.54) is 19.3 Å². The Labute approximate surface area is 101 Å². The highest BCUT2D eigenvalue weighted by Crippen LogP contribution is 2.38. The number of likely N-dealkylation sites (tertiary alicyclic amines) is 1. The normalized spacial score (nSPS) is 32.1. The van der Waals surface area contributed by atoms with Gasteiger partial charge in [0.2, 0.25) is 5.91 Å². The lowest BCUT2D eigenvalue weighted by atomic mass is 10.0. The van der Waals surface area contributed by atoms with Gasteiger partial charge in [-0.05, 0) is 30.6 Å². The zero-order valence-corrected chi connectivity index (χ0v) is 11.2. The van der Waals surface area contributed by atoms with Gasteiger partial charge in [-0.2, -0.15) is 0 Å². The van der Waals surface area contributed by atoms with E-state index in [9.17, 15) is 4.79 Å². The first-order valence-corrected chi connectivity index (χ1v) is 6.94. The van der Waals surface area contributed by atoms with Crippen LogP contribution in [0.15, 0.2) is 0 Å². The van der Waals surface area contributed by atoms with Gasteiger partial charge in [-0.3, -0.25) is 4.79 Å². The van der Waals surface area contributed by atoms with Crippen LogP contribution in [0.4, 0.5) is 0 Å². The number of amides is 1. The quantitative estimate of drug-likeness (QED) is 0.709. The van der Waals surface area contributed by atoms with E-state index < -0.39 is 0 Å². The molecule has 2 nitrogen and oxygen atoms in total. The molecule has 1 heterocycles. The Bertz CT molecular complexity index is 242. The monoisotopic (exact) mass is 273 g/mol. The lowest BCUT2D eigenvalue weighted by Gasteiger charge is -2.22. The topological polar surface area (TPSA) is 20.3 Å². The second-order valence-corrected chi connectivity index (χ2v) is 6.33. The highest BCUT2D eigenvalue weighted by Gasteiger charge is 2.39. The van der Waals surface area contributed by atoms with Crippen molar-refractivity contribution >= 4 is 21.8 Å². The van der Waals surface area contributed by atoms with Crippen LogP contribution in [0.25, 0.3) is 0 Å². The number of carbonyl (C=O) groups excluding carboxylic acids is 1. The molecule has 2 rings (SSSR count). The first kappa shape index (κ1) is 11.4. The minimum Gasteiger partial charge on any atom is -0.341 e. The molecule has 0 aromatic heterocycles. The van der Waals surface area contributed by atoms with Crippen LogP contribution in [0.5, 0.6) is 0 Å². The van der Waals surface area contributed by atoms with Gasteiger partial charge in [0.05, 0.1) is 4.83 Å². The molecule has 3 atom stereocenters. The van der Waals surface area contributed by atoms with Crippen molar-refractivity contribution in [2.24, 2.45) is 17.8 Å². The van der Waals surface area contributed by atoms with Gasteiger partial charge in [-0.15, -0.1) is 0 Å². The molecule has 0 aromatic carbocycles. The van der Waals surface area contributed by atoms with Crippen LogP contribution < -0.4 is 0 Å². The Morgan fingerprint density at radius 1 is 1.27 bits per heavy atom. The van der Waals surface area contributed by atoms with Gasteiger partial charge < -0.3 is 4.90 Å². The lowest BCUT2D eigenvalue weighted by Crippen LogP contribution is -2.37. The third kappa shape index (κ3) is 2.22. The molecular weight excluding hydrogens is 254 g/mol. The third-order valence-corrected chi connectivity index (χ3v) is 5.31. The van der Waals surface area contributed by atoms with E-state index >= 15 is 0 Å². The van der Waals surface area contributed by atoms with Crippen molar-refractivity contribution in [1.29, 1.82) is 0 Å². The summed E-state index contributed by atoms with van der Waals surface area (Å²) < 4.78 is 0. The van der Waals surface area contributed by atoms with Crippen LogP contribution in [-0.2, 0) is 4.79 Å². The van der Waals surface area contributed by atoms with Crippen molar-refractivity contribution in [3.8, 4) is 0 Å². The minimum absolute atomic E-state index is 0.0105. The molecular formula is C12H20BrNO. The van der Waals surface area contributed by atoms with Crippen LogP contribution in [0.2, 0.25) is 0 Å². The molecule has 86 valence electrons. The molecule has 0 radical (unpaired) electrons. The van der Waals surface area contributed by atoms with Gasteiger partial charge in [-0.1, -0.05) is 36.2 Å². The SMILES string of the molecule is CC(C)C(Br)C(=O)N1CC2CCCC2C1. The van der Waals surface area contributed by atoms with E-state index in [0.29, 0.717) is 11.8 Å². The number of rotatable bonds is 2. The molecule has 2 aliphatic rings. The first-order chi connectivity index (χ1) is 7.09. The number of carbonyl (C=O) groups is 1. The Morgan fingerprint density at radius 2 is 1.80 bits per heavy atom. The summed E-state index contributed by atoms with van der Waals surface area (Å²) >= 11 is 3.51. The van der Waals surface area contributed by atoms with E-state index in [1.807, 2.05) is 0 Å². The van der Waals surface area contributed by atoms with Crippen molar-refractivity contribution in [3.05, 3.63) is 0 Å². The van der Waals surface area contributed by atoms with E-state index in [4.69, 9.17) is 0 Å². The average molecular weight is 274 g/mol. The third-order valence-electron chi connectivity index (χ3n) is 3.86. The number of hydrogen-bond donors (Lipinski definition) is 0. The van der Waals surface area contributed by atoms with E-state index in [2.05, 4.69) is 34.7 Å². The molecule has 1 saturated carbocycles. The smallest absolute Gasteiger partial charge is 0.236 e. The molecule has 3 unspecified atom stereocenters. The van der Waals surface area contributed by atoms with Crippen LogP contribution in [0, 0.1) is 17.8 Å². The number of halogens is 1.